The fourth-order valence-electron chi connectivity index (χ4n) is 7.06. The van der Waals surface area contributed by atoms with Gasteiger partial charge in [-0.3, -0.25) is 4.99 Å². The Morgan fingerprint density at radius 2 is 1.56 bits per heavy atom. The Bertz CT molecular complexity index is 2680. The molecule has 0 spiro atoms. The fraction of sp³-hybridized carbons (Fsp3) is 0.280. The molecule has 1 atom stereocenters. The molecule has 0 bridgehead atoms. The topological polar surface area (TPSA) is 38.4 Å². The van der Waals surface area contributed by atoms with E-state index in [0.29, 0.717) is 16.8 Å². The molecule has 5 heteroatoms. The van der Waals surface area contributed by atoms with E-state index in [4.69, 9.17) is 16.3 Å². The molecule has 7 aromatic rings. The minimum absolute atomic E-state index is 0. The summed E-state index contributed by atoms with van der Waals surface area (Å²) in [4.78, 5) is 9.67. The summed E-state index contributed by atoms with van der Waals surface area (Å²) in [6.45, 7) is 10.3. The van der Waals surface area contributed by atoms with Gasteiger partial charge in [0.1, 0.15) is 5.58 Å². The number of benzene rings is 5. The molecule has 1 aliphatic rings. The molecule has 55 heavy (non-hydrogen) atoms. The van der Waals surface area contributed by atoms with Crippen molar-refractivity contribution in [1.29, 1.82) is 0 Å². The SMILES string of the molecule is CC(C)(C)c1ccc(C2C(c3[c-]ccc4c3oc3ccccc34)=Nc3ccccc32)cc1.[2H]C([2H])([2H])c1c[c-]c(-c2cc(C([2H])([2H])C(C)(C)C)[c]([Ge]([CH3])([CH3])[CH3])cn2)cc1.[Ir]. The van der Waals surface area contributed by atoms with Crippen LogP contribution in [-0.2, 0) is 31.9 Å². The Morgan fingerprint density at radius 3 is 2.24 bits per heavy atom. The first kappa shape index (κ1) is 34.2. The molecule has 0 saturated heterocycles. The van der Waals surface area contributed by atoms with Crippen molar-refractivity contribution >= 4 is 51.0 Å². The van der Waals surface area contributed by atoms with Crippen molar-refractivity contribution in [2.24, 2.45) is 10.4 Å². The van der Waals surface area contributed by atoms with Crippen LogP contribution in [0, 0.1) is 24.4 Å². The third-order valence-electron chi connectivity index (χ3n) is 9.78. The number of aromatic nitrogens is 1. The van der Waals surface area contributed by atoms with E-state index < -0.39 is 31.9 Å². The smallest absolute Gasteiger partial charge is 0 e. The van der Waals surface area contributed by atoms with Gasteiger partial charge in [-0.25, -0.2) is 0 Å². The Kier molecular flexibility index (Phi) is 9.83. The van der Waals surface area contributed by atoms with E-state index in [0.717, 1.165) is 43.3 Å². The van der Waals surface area contributed by atoms with Crippen molar-refractivity contribution in [2.75, 3.05) is 0 Å². The zero-order valence-corrected chi connectivity index (χ0v) is 37.7. The van der Waals surface area contributed by atoms with Crippen LogP contribution in [0.15, 0.2) is 125 Å². The van der Waals surface area contributed by atoms with Gasteiger partial charge in [-0.05, 0) is 39.9 Å². The van der Waals surface area contributed by atoms with Gasteiger partial charge in [0.05, 0.1) is 11.3 Å². The van der Waals surface area contributed by atoms with E-state index in [2.05, 4.69) is 122 Å². The normalized spacial score (nSPS) is 16.1. The molecule has 1 aliphatic heterocycles. The molecule has 3 nitrogen and oxygen atoms in total. The van der Waals surface area contributed by atoms with Crippen molar-refractivity contribution in [3.8, 4) is 11.3 Å². The van der Waals surface area contributed by atoms with Crippen molar-refractivity contribution < 1.29 is 31.4 Å². The van der Waals surface area contributed by atoms with E-state index in [1.54, 1.807) is 12.1 Å². The van der Waals surface area contributed by atoms with Crippen LogP contribution < -0.4 is 4.40 Å². The van der Waals surface area contributed by atoms with Gasteiger partial charge in [-0.2, -0.15) is 0 Å². The van der Waals surface area contributed by atoms with Gasteiger partial charge in [0.2, 0.25) is 0 Å². The average Bonchev–Trinajstić information content (AvgIpc) is 3.76. The third-order valence-corrected chi connectivity index (χ3v) is 14.0. The minimum Gasteiger partial charge on any atom is 0 e. The van der Waals surface area contributed by atoms with Crippen LogP contribution in [-0.4, -0.2) is 24.0 Å². The van der Waals surface area contributed by atoms with Crippen LogP contribution in [0.2, 0.25) is 17.3 Å². The molecule has 0 fully saturated rings. The maximum Gasteiger partial charge on any atom is 0 e. The Labute approximate surface area is 351 Å². The van der Waals surface area contributed by atoms with E-state index in [-0.39, 0.29) is 37.0 Å². The zero-order chi connectivity index (χ0) is 42.7. The summed E-state index contributed by atoms with van der Waals surface area (Å²) in [5, 5.41) is 2.23. The molecule has 0 saturated carbocycles. The average molecular weight is 967 g/mol. The number of rotatable bonds is 5. The van der Waals surface area contributed by atoms with E-state index in [9.17, 15) is 0 Å². The van der Waals surface area contributed by atoms with Crippen LogP contribution in [0.4, 0.5) is 5.69 Å². The summed E-state index contributed by atoms with van der Waals surface area (Å²) in [5.74, 6) is 6.75. The predicted octanol–water partition coefficient (Wildman–Crippen LogP) is 12.9. The van der Waals surface area contributed by atoms with Crippen molar-refractivity contribution in [1.82, 2.24) is 4.98 Å². The van der Waals surface area contributed by atoms with Crippen LogP contribution >= 0.6 is 0 Å². The minimum atomic E-state index is -2.36. The summed E-state index contributed by atoms with van der Waals surface area (Å²) in [5.41, 5.74) is 10.3. The van der Waals surface area contributed by atoms with Gasteiger partial charge in [-0.1, -0.05) is 92.4 Å². The Morgan fingerprint density at radius 1 is 0.836 bits per heavy atom. The first-order valence-electron chi connectivity index (χ1n) is 21.2. The number of pyridine rings is 1. The van der Waals surface area contributed by atoms with Crippen molar-refractivity contribution in [3.05, 3.63) is 161 Å². The van der Waals surface area contributed by atoms with Gasteiger partial charge < -0.3 is 4.42 Å². The summed E-state index contributed by atoms with van der Waals surface area (Å²) >= 11 is -2.36. The van der Waals surface area contributed by atoms with Crippen LogP contribution in [0.5, 0.6) is 0 Å². The number of aliphatic imine (C=N–C) groups is 1. The standard InChI is InChI=1S/C30H24NO.C20H28GeN.Ir/c1-30(2,3)20-17-15-19(16-18-20)27-23-10-4-6-13-25(23)31-28(27)24-12-8-11-22-21-9-5-7-14-26(21)32-29(22)24;1-15-8-10-16(11-9-15)19-12-17(13-20(2,3)4)18(14-22-19)21(5,6)7;/h4-11,13-18,27H,1-3H3;8-10,12,14H,13H2,1-7H3;/q2*-1;/i;1D3,13D2;. The number of furan rings is 1. The van der Waals surface area contributed by atoms with E-state index in [1.807, 2.05) is 51.2 Å². The molecular weight excluding hydrogens is 909 g/mol. The van der Waals surface area contributed by atoms with Crippen LogP contribution in [0.25, 0.3) is 33.2 Å². The van der Waals surface area contributed by atoms with Gasteiger partial charge in [-0.15, -0.1) is 18.2 Å². The number of aryl methyl sites for hydroxylation is 1. The molecule has 283 valence electrons. The second kappa shape index (κ2) is 15.8. The molecule has 0 aliphatic carbocycles. The largest absolute Gasteiger partial charge is 0 e. The summed E-state index contributed by atoms with van der Waals surface area (Å²) in [6, 6.07) is 42.7. The molecule has 8 rings (SSSR count). The monoisotopic (exact) mass is 968 g/mol. The van der Waals surface area contributed by atoms with Crippen molar-refractivity contribution in [3.63, 3.8) is 0 Å². The first-order valence-corrected chi connectivity index (χ1v) is 26.0. The third kappa shape index (κ3) is 8.83. The number of hydrogen-bond donors (Lipinski definition) is 0. The Hall–Kier alpha value is -4.09. The number of para-hydroxylation sites is 2. The first-order chi connectivity index (χ1) is 27.6. The van der Waals surface area contributed by atoms with Gasteiger partial charge in [0.25, 0.3) is 0 Å². The second-order valence-corrected chi connectivity index (χ2v) is 27.9. The zero-order valence-electron chi connectivity index (χ0n) is 38.2. The molecule has 3 heterocycles. The number of nitrogens with zero attached hydrogens (tertiary/aromatic N) is 2. The van der Waals surface area contributed by atoms with Gasteiger partial charge in [0, 0.05) is 31.4 Å². The maximum absolute atomic E-state index is 8.80. The fourth-order valence-corrected chi connectivity index (χ4v) is 9.99. The predicted molar refractivity (Wildman–Crippen MR) is 232 cm³/mol. The summed E-state index contributed by atoms with van der Waals surface area (Å²) in [6.07, 6.45) is 0.303. The molecule has 0 N–H and O–H groups in total. The van der Waals surface area contributed by atoms with Gasteiger partial charge in [0.15, 0.2) is 0 Å². The number of fused-ring (bicyclic) bond motifs is 4. The quantitative estimate of drug-likeness (QED) is 0.127. The summed E-state index contributed by atoms with van der Waals surface area (Å²) < 4.78 is 47.4. The molecule has 1 radical (unpaired) electrons. The van der Waals surface area contributed by atoms with Crippen molar-refractivity contribution in [2.45, 2.75) is 83.4 Å². The molecule has 5 aromatic carbocycles. The Balaban J connectivity index is 0.000000201. The molecule has 2 aromatic heterocycles. The molecule has 1 unspecified atom stereocenters. The molecule has 0 amide bonds. The van der Waals surface area contributed by atoms with Crippen LogP contribution in [0.3, 0.4) is 0 Å². The van der Waals surface area contributed by atoms with E-state index in [1.165, 1.54) is 22.8 Å². The molecular formula is C50H52GeIrN2O-2. The van der Waals surface area contributed by atoms with Gasteiger partial charge >= 0.3 is 145 Å². The van der Waals surface area contributed by atoms with E-state index >= 15 is 0 Å². The maximum atomic E-state index is 8.80. The second-order valence-electron chi connectivity index (χ2n) is 17.3. The van der Waals surface area contributed by atoms with Crippen LogP contribution in [0.1, 0.15) is 87.7 Å². The summed E-state index contributed by atoms with van der Waals surface area (Å²) in [7, 11) is 0. The number of hydrogen-bond acceptors (Lipinski definition) is 3.